The summed E-state index contributed by atoms with van der Waals surface area (Å²) in [7, 11) is -0.475. The largest absolute Gasteiger partial charge is 0.383 e. The summed E-state index contributed by atoms with van der Waals surface area (Å²) in [6.07, 6.45) is 3.67. The van der Waals surface area contributed by atoms with E-state index >= 15 is 0 Å². The fraction of sp³-hybridized carbons (Fsp3) is 0.520. The van der Waals surface area contributed by atoms with E-state index in [-0.39, 0.29) is 4.90 Å². The lowest BCUT2D eigenvalue weighted by molar-refractivity contribution is 0.150. The molecule has 176 valence electrons. The molecule has 0 aromatic heterocycles. The van der Waals surface area contributed by atoms with Crippen molar-refractivity contribution in [2.45, 2.75) is 37.1 Å². The average molecular weight is 461 g/mol. The van der Waals surface area contributed by atoms with Gasteiger partial charge in [0.1, 0.15) is 0 Å². The van der Waals surface area contributed by atoms with Crippen molar-refractivity contribution in [1.29, 1.82) is 0 Å². The topological polar surface area (TPSA) is 59.1 Å². The molecule has 2 aromatic carbocycles. The molecular weight excluding hydrogens is 424 g/mol. The molecule has 0 N–H and O–H groups in total. The van der Waals surface area contributed by atoms with E-state index in [9.17, 15) is 8.42 Å². The Morgan fingerprint density at radius 3 is 2.00 bits per heavy atom. The zero-order chi connectivity index (χ0) is 23.0. The van der Waals surface area contributed by atoms with Crippen molar-refractivity contribution in [2.24, 2.45) is 0 Å². The molecule has 1 atom stereocenters. The fourth-order valence-electron chi connectivity index (χ4n) is 4.17. The summed E-state index contributed by atoms with van der Waals surface area (Å²) < 4.78 is 37.7. The Morgan fingerprint density at radius 2 is 1.50 bits per heavy atom. The second-order valence-electron chi connectivity index (χ2n) is 8.39. The van der Waals surface area contributed by atoms with Gasteiger partial charge in [-0.15, -0.1) is 0 Å². The van der Waals surface area contributed by atoms with Crippen LogP contribution in [-0.4, -0.2) is 77.3 Å². The first-order valence-electron chi connectivity index (χ1n) is 11.4. The summed E-state index contributed by atoms with van der Waals surface area (Å²) in [5, 5.41) is 0. The van der Waals surface area contributed by atoms with Gasteiger partial charge in [-0.2, -0.15) is 4.31 Å². The third kappa shape index (κ3) is 6.39. The van der Waals surface area contributed by atoms with Crippen molar-refractivity contribution < 1.29 is 17.9 Å². The van der Waals surface area contributed by atoms with Crippen LogP contribution in [0.1, 0.15) is 25.3 Å². The van der Waals surface area contributed by atoms with Gasteiger partial charge in [0.15, 0.2) is 0 Å². The highest BCUT2D eigenvalue weighted by Crippen LogP contribution is 2.24. The lowest BCUT2D eigenvalue weighted by Crippen LogP contribution is -2.36. The minimum absolute atomic E-state index is 0.282. The molecule has 2 aromatic rings. The fourth-order valence-corrected chi connectivity index (χ4v) is 5.58. The van der Waals surface area contributed by atoms with Gasteiger partial charge in [0.05, 0.1) is 18.1 Å². The Morgan fingerprint density at radius 1 is 0.938 bits per heavy atom. The number of sulfonamides is 1. The summed E-state index contributed by atoms with van der Waals surface area (Å²) in [4.78, 5) is 2.85. The van der Waals surface area contributed by atoms with E-state index in [2.05, 4.69) is 36.1 Å². The molecular formula is C25H36N2O4S. The molecule has 1 heterocycles. The second-order valence-corrected chi connectivity index (χ2v) is 10.3. The van der Waals surface area contributed by atoms with E-state index in [0.29, 0.717) is 32.3 Å². The first kappa shape index (κ1) is 24.9. The van der Waals surface area contributed by atoms with Crippen LogP contribution in [0.4, 0.5) is 0 Å². The first-order valence-corrected chi connectivity index (χ1v) is 12.8. The molecule has 0 saturated carbocycles. The maximum Gasteiger partial charge on any atom is 0.243 e. The number of benzene rings is 2. The summed E-state index contributed by atoms with van der Waals surface area (Å²) in [5.41, 5.74) is 3.42. The lowest BCUT2D eigenvalue weighted by Gasteiger charge is -2.21. The van der Waals surface area contributed by atoms with Crippen molar-refractivity contribution in [3.8, 4) is 11.1 Å². The lowest BCUT2D eigenvalue weighted by atomic mass is 10.0. The molecule has 32 heavy (non-hydrogen) atoms. The van der Waals surface area contributed by atoms with Gasteiger partial charge >= 0.3 is 0 Å². The molecule has 0 spiro atoms. The van der Waals surface area contributed by atoms with E-state index in [4.69, 9.17) is 9.47 Å². The van der Waals surface area contributed by atoms with Gasteiger partial charge in [0.2, 0.25) is 10.0 Å². The second kappa shape index (κ2) is 11.9. The molecule has 1 aliphatic rings. The van der Waals surface area contributed by atoms with Crippen molar-refractivity contribution in [3.05, 3.63) is 54.1 Å². The van der Waals surface area contributed by atoms with Gasteiger partial charge in [-0.25, -0.2) is 8.42 Å². The van der Waals surface area contributed by atoms with Crippen LogP contribution in [0.3, 0.4) is 0 Å². The normalized spacial score (nSPS) is 17.3. The molecule has 3 rings (SSSR count). The maximum atomic E-state index is 13.1. The van der Waals surface area contributed by atoms with Crippen molar-refractivity contribution in [3.63, 3.8) is 0 Å². The monoisotopic (exact) mass is 460 g/mol. The van der Waals surface area contributed by atoms with Crippen molar-refractivity contribution in [1.82, 2.24) is 9.21 Å². The van der Waals surface area contributed by atoms with Crippen LogP contribution in [-0.2, 0) is 25.9 Å². The molecule has 1 aliphatic heterocycles. The molecule has 0 amide bonds. The number of methoxy groups -OCH3 is 2. The van der Waals surface area contributed by atoms with Gasteiger partial charge in [-0.3, -0.25) is 0 Å². The summed E-state index contributed by atoms with van der Waals surface area (Å²) in [6.45, 7) is 5.89. The minimum atomic E-state index is -3.60. The summed E-state index contributed by atoms with van der Waals surface area (Å²) in [5.74, 6) is 0. The Bertz CT molecular complexity index is 921. The maximum absolute atomic E-state index is 13.1. The standard InChI is InChI=1S/C25H36N2O4S/c1-21-5-4-15-26(21)16-14-22-6-8-23(9-7-22)24-10-12-25(13-11-24)32(28,29)27(17-19-30-2)18-20-31-3/h6-13,21H,4-5,14-20H2,1-3H3/t21-/m1/s1. The minimum Gasteiger partial charge on any atom is -0.383 e. The van der Waals surface area contributed by atoms with E-state index in [1.54, 1.807) is 26.4 Å². The number of ether oxygens (including phenoxy) is 2. The zero-order valence-electron chi connectivity index (χ0n) is 19.5. The number of hydrogen-bond acceptors (Lipinski definition) is 5. The highest BCUT2D eigenvalue weighted by molar-refractivity contribution is 7.89. The summed E-state index contributed by atoms with van der Waals surface area (Å²) >= 11 is 0. The zero-order valence-corrected chi connectivity index (χ0v) is 20.3. The number of nitrogens with zero attached hydrogens (tertiary/aromatic N) is 2. The van der Waals surface area contributed by atoms with Crippen LogP contribution in [0, 0.1) is 0 Å². The Labute approximate surface area is 193 Å². The van der Waals surface area contributed by atoms with Gasteiger partial charge in [0.25, 0.3) is 0 Å². The van der Waals surface area contributed by atoms with Crippen LogP contribution in [0.2, 0.25) is 0 Å². The predicted octanol–water partition coefficient (Wildman–Crippen LogP) is 3.66. The predicted molar refractivity (Wildman–Crippen MR) is 128 cm³/mol. The Balaban J connectivity index is 1.66. The van der Waals surface area contributed by atoms with Gasteiger partial charge < -0.3 is 14.4 Å². The van der Waals surface area contributed by atoms with Gasteiger partial charge in [-0.05, 0) is 61.6 Å². The SMILES string of the molecule is COCCN(CCOC)S(=O)(=O)c1ccc(-c2ccc(CCN3CCC[C@H]3C)cc2)cc1. The third-order valence-electron chi connectivity index (χ3n) is 6.25. The number of likely N-dealkylation sites (tertiary alicyclic amines) is 1. The number of hydrogen-bond donors (Lipinski definition) is 0. The van der Waals surface area contributed by atoms with Crippen LogP contribution in [0.25, 0.3) is 11.1 Å². The molecule has 7 heteroatoms. The summed E-state index contributed by atoms with van der Waals surface area (Å²) in [6, 6.07) is 16.4. The Kier molecular flexibility index (Phi) is 9.25. The van der Waals surface area contributed by atoms with Crippen molar-refractivity contribution in [2.75, 3.05) is 53.6 Å². The highest BCUT2D eigenvalue weighted by atomic mass is 32.2. The van der Waals surface area contributed by atoms with E-state index < -0.39 is 10.0 Å². The molecule has 1 fully saturated rings. The quantitative estimate of drug-likeness (QED) is 0.484. The van der Waals surface area contributed by atoms with Crippen LogP contribution < -0.4 is 0 Å². The first-order chi connectivity index (χ1) is 15.5. The van der Waals surface area contributed by atoms with E-state index in [0.717, 1.165) is 24.1 Å². The van der Waals surface area contributed by atoms with Crippen LogP contribution in [0.5, 0.6) is 0 Å². The smallest absolute Gasteiger partial charge is 0.243 e. The van der Waals surface area contributed by atoms with Crippen LogP contribution >= 0.6 is 0 Å². The van der Waals surface area contributed by atoms with E-state index in [1.165, 1.54) is 29.3 Å². The van der Waals surface area contributed by atoms with Crippen molar-refractivity contribution >= 4 is 10.0 Å². The average Bonchev–Trinajstić information content (AvgIpc) is 3.22. The third-order valence-corrected chi connectivity index (χ3v) is 8.16. The highest BCUT2D eigenvalue weighted by Gasteiger charge is 2.24. The molecule has 6 nitrogen and oxygen atoms in total. The molecule has 0 unspecified atom stereocenters. The Hall–Kier alpha value is -1.77. The van der Waals surface area contributed by atoms with E-state index in [1.807, 2.05) is 12.1 Å². The molecule has 0 bridgehead atoms. The van der Waals surface area contributed by atoms with Crippen LogP contribution in [0.15, 0.2) is 53.4 Å². The van der Waals surface area contributed by atoms with Gasteiger partial charge in [0, 0.05) is 39.9 Å². The number of rotatable bonds is 12. The molecule has 0 radical (unpaired) electrons. The molecule has 1 saturated heterocycles. The molecule has 0 aliphatic carbocycles. The van der Waals surface area contributed by atoms with Gasteiger partial charge in [-0.1, -0.05) is 36.4 Å².